The molecule has 2 amide bonds. The standard InChI is InChI=1S/C19H21N3O2/c1-13(21-17(18(20)23)15-8-3-2-4-9-15)19(24)22-12-11-14-7-5-6-10-16(14)22/h2-10,13,17,21H,11-12H2,1H3,(H2,20,23). The second-order valence-electron chi connectivity index (χ2n) is 6.00. The van der Waals surface area contributed by atoms with Crippen LogP contribution in [-0.4, -0.2) is 24.4 Å². The molecular weight excluding hydrogens is 302 g/mol. The molecule has 0 aliphatic carbocycles. The smallest absolute Gasteiger partial charge is 0.243 e. The van der Waals surface area contributed by atoms with Crippen molar-refractivity contribution in [2.24, 2.45) is 5.73 Å². The summed E-state index contributed by atoms with van der Waals surface area (Å²) in [5.74, 6) is -0.551. The van der Waals surface area contributed by atoms with E-state index >= 15 is 0 Å². The summed E-state index contributed by atoms with van der Waals surface area (Å²) in [4.78, 5) is 26.4. The summed E-state index contributed by atoms with van der Waals surface area (Å²) in [5.41, 5.74) is 8.40. The number of carbonyl (C=O) groups excluding carboxylic acids is 2. The molecule has 2 unspecified atom stereocenters. The molecule has 5 nitrogen and oxygen atoms in total. The maximum atomic E-state index is 12.8. The van der Waals surface area contributed by atoms with Gasteiger partial charge in [-0.05, 0) is 30.5 Å². The van der Waals surface area contributed by atoms with Crippen LogP contribution in [0.3, 0.4) is 0 Å². The van der Waals surface area contributed by atoms with E-state index in [0.29, 0.717) is 6.54 Å². The highest BCUT2D eigenvalue weighted by atomic mass is 16.2. The van der Waals surface area contributed by atoms with E-state index in [0.717, 1.165) is 17.7 Å². The maximum Gasteiger partial charge on any atom is 0.243 e. The van der Waals surface area contributed by atoms with Crippen molar-refractivity contribution in [3.63, 3.8) is 0 Å². The number of anilines is 1. The highest BCUT2D eigenvalue weighted by Crippen LogP contribution is 2.28. The molecule has 0 aromatic heterocycles. The van der Waals surface area contributed by atoms with Crippen LogP contribution in [0.1, 0.15) is 24.1 Å². The van der Waals surface area contributed by atoms with Crippen molar-refractivity contribution >= 4 is 17.5 Å². The Morgan fingerprint density at radius 1 is 1.08 bits per heavy atom. The minimum absolute atomic E-state index is 0.0536. The Hall–Kier alpha value is -2.66. The molecule has 0 bridgehead atoms. The summed E-state index contributed by atoms with van der Waals surface area (Å²) in [5, 5.41) is 3.07. The molecule has 1 aliphatic rings. The monoisotopic (exact) mass is 323 g/mol. The lowest BCUT2D eigenvalue weighted by Gasteiger charge is -2.25. The number of para-hydroxylation sites is 1. The second-order valence-corrected chi connectivity index (χ2v) is 6.00. The first kappa shape index (κ1) is 16.2. The summed E-state index contributed by atoms with van der Waals surface area (Å²) < 4.78 is 0. The maximum absolute atomic E-state index is 12.8. The number of nitrogens with one attached hydrogen (secondary N) is 1. The number of amides is 2. The molecule has 0 radical (unpaired) electrons. The van der Waals surface area contributed by atoms with Gasteiger partial charge in [0, 0.05) is 12.2 Å². The fourth-order valence-electron chi connectivity index (χ4n) is 3.11. The Balaban J connectivity index is 1.75. The van der Waals surface area contributed by atoms with E-state index in [1.54, 1.807) is 11.8 Å². The molecule has 0 fully saturated rings. The van der Waals surface area contributed by atoms with Gasteiger partial charge in [-0.25, -0.2) is 0 Å². The van der Waals surface area contributed by atoms with Gasteiger partial charge in [-0.2, -0.15) is 0 Å². The van der Waals surface area contributed by atoms with Gasteiger partial charge in [0.1, 0.15) is 6.04 Å². The lowest BCUT2D eigenvalue weighted by molar-refractivity contribution is -0.122. The van der Waals surface area contributed by atoms with E-state index < -0.39 is 18.0 Å². The number of carbonyl (C=O) groups is 2. The van der Waals surface area contributed by atoms with Gasteiger partial charge in [-0.15, -0.1) is 0 Å². The van der Waals surface area contributed by atoms with Gasteiger partial charge in [0.25, 0.3) is 0 Å². The fourth-order valence-corrected chi connectivity index (χ4v) is 3.11. The number of fused-ring (bicyclic) bond motifs is 1. The molecule has 124 valence electrons. The normalized spacial score (nSPS) is 15.6. The molecule has 0 saturated carbocycles. The molecule has 3 N–H and O–H groups in total. The second kappa shape index (κ2) is 6.84. The fraction of sp³-hybridized carbons (Fsp3) is 0.263. The van der Waals surface area contributed by atoms with Gasteiger partial charge in [0.05, 0.1) is 6.04 Å². The van der Waals surface area contributed by atoms with Crippen LogP contribution < -0.4 is 16.0 Å². The molecule has 3 rings (SSSR count). The van der Waals surface area contributed by atoms with E-state index in [2.05, 4.69) is 5.32 Å². The van der Waals surface area contributed by atoms with Crippen LogP contribution in [0.15, 0.2) is 54.6 Å². The van der Waals surface area contributed by atoms with E-state index in [1.165, 1.54) is 5.56 Å². The quantitative estimate of drug-likeness (QED) is 0.881. The van der Waals surface area contributed by atoms with E-state index in [4.69, 9.17) is 5.73 Å². The van der Waals surface area contributed by atoms with Crippen LogP contribution in [-0.2, 0) is 16.0 Å². The number of nitrogens with two attached hydrogens (primary N) is 1. The Labute approximate surface area is 141 Å². The minimum Gasteiger partial charge on any atom is -0.368 e. The van der Waals surface area contributed by atoms with Gasteiger partial charge in [0.15, 0.2) is 0 Å². The van der Waals surface area contributed by atoms with Crippen LogP contribution in [0, 0.1) is 0 Å². The molecule has 1 heterocycles. The third-order valence-electron chi connectivity index (χ3n) is 4.36. The third kappa shape index (κ3) is 3.16. The van der Waals surface area contributed by atoms with Crippen molar-refractivity contribution in [3.8, 4) is 0 Å². The van der Waals surface area contributed by atoms with Crippen molar-refractivity contribution in [1.29, 1.82) is 0 Å². The first-order valence-electron chi connectivity index (χ1n) is 8.07. The third-order valence-corrected chi connectivity index (χ3v) is 4.36. The van der Waals surface area contributed by atoms with Crippen molar-refractivity contribution in [2.45, 2.75) is 25.4 Å². The zero-order valence-electron chi connectivity index (χ0n) is 13.6. The molecule has 2 aromatic carbocycles. The van der Waals surface area contributed by atoms with Crippen LogP contribution in [0.2, 0.25) is 0 Å². The van der Waals surface area contributed by atoms with Crippen molar-refractivity contribution < 1.29 is 9.59 Å². The molecule has 5 heteroatoms. The number of benzene rings is 2. The SMILES string of the molecule is CC(NC(C(N)=O)c1ccccc1)C(=O)N1CCc2ccccc21. The number of hydrogen-bond donors (Lipinski definition) is 2. The van der Waals surface area contributed by atoms with Crippen molar-refractivity contribution in [2.75, 3.05) is 11.4 Å². The molecule has 0 saturated heterocycles. The Kier molecular flexibility index (Phi) is 4.62. The molecular formula is C19H21N3O2. The molecule has 1 aliphatic heterocycles. The zero-order chi connectivity index (χ0) is 17.1. The van der Waals surface area contributed by atoms with Gasteiger partial charge in [-0.1, -0.05) is 48.5 Å². The predicted octanol–water partition coefficient (Wildman–Crippen LogP) is 1.78. The van der Waals surface area contributed by atoms with Gasteiger partial charge in [-0.3, -0.25) is 14.9 Å². The van der Waals surface area contributed by atoms with Gasteiger partial charge < -0.3 is 10.6 Å². The van der Waals surface area contributed by atoms with Crippen LogP contribution in [0.25, 0.3) is 0 Å². The first-order valence-corrected chi connectivity index (χ1v) is 8.07. The Bertz CT molecular complexity index is 745. The summed E-state index contributed by atoms with van der Waals surface area (Å²) in [7, 11) is 0. The average Bonchev–Trinajstić information content (AvgIpc) is 3.03. The van der Waals surface area contributed by atoms with Gasteiger partial charge in [0.2, 0.25) is 11.8 Å². The minimum atomic E-state index is -0.692. The van der Waals surface area contributed by atoms with Gasteiger partial charge >= 0.3 is 0 Å². The Morgan fingerprint density at radius 2 is 1.75 bits per heavy atom. The average molecular weight is 323 g/mol. The van der Waals surface area contributed by atoms with Crippen molar-refractivity contribution in [1.82, 2.24) is 5.32 Å². The highest BCUT2D eigenvalue weighted by Gasteiger charge is 2.30. The van der Waals surface area contributed by atoms with Crippen LogP contribution in [0.4, 0.5) is 5.69 Å². The van der Waals surface area contributed by atoms with Crippen molar-refractivity contribution in [3.05, 3.63) is 65.7 Å². The summed E-state index contributed by atoms with van der Waals surface area (Å²) in [6, 6.07) is 15.9. The van der Waals surface area contributed by atoms with E-state index in [-0.39, 0.29) is 5.91 Å². The van der Waals surface area contributed by atoms with E-state index in [9.17, 15) is 9.59 Å². The molecule has 2 atom stereocenters. The predicted molar refractivity (Wildman–Crippen MR) is 93.5 cm³/mol. The number of hydrogen-bond acceptors (Lipinski definition) is 3. The largest absolute Gasteiger partial charge is 0.368 e. The summed E-state index contributed by atoms with van der Waals surface area (Å²) in [6.07, 6.45) is 0.854. The lowest BCUT2D eigenvalue weighted by atomic mass is 10.1. The van der Waals surface area contributed by atoms with Crippen LogP contribution in [0.5, 0.6) is 0 Å². The molecule has 2 aromatic rings. The van der Waals surface area contributed by atoms with Crippen LogP contribution >= 0.6 is 0 Å². The number of rotatable bonds is 5. The molecule has 24 heavy (non-hydrogen) atoms. The summed E-state index contributed by atoms with van der Waals surface area (Å²) >= 11 is 0. The number of nitrogens with zero attached hydrogens (tertiary/aromatic N) is 1. The topological polar surface area (TPSA) is 75.4 Å². The lowest BCUT2D eigenvalue weighted by Crippen LogP contribution is -2.48. The molecule has 0 spiro atoms. The number of primary amides is 1. The first-order chi connectivity index (χ1) is 11.6. The summed E-state index contributed by atoms with van der Waals surface area (Å²) in [6.45, 7) is 2.43. The van der Waals surface area contributed by atoms with E-state index in [1.807, 2.05) is 54.6 Å². The highest BCUT2D eigenvalue weighted by molar-refractivity contribution is 5.99. The Morgan fingerprint density at radius 3 is 2.46 bits per heavy atom. The zero-order valence-corrected chi connectivity index (χ0v) is 13.6.